The Morgan fingerprint density at radius 1 is 1.08 bits per heavy atom. The van der Waals surface area contributed by atoms with E-state index in [1.165, 1.54) is 16.5 Å². The summed E-state index contributed by atoms with van der Waals surface area (Å²) in [5.74, 6) is 0. The zero-order chi connectivity index (χ0) is 16.8. The number of hydrogen-bond acceptors (Lipinski definition) is 6. The molecule has 0 bridgehead atoms. The number of thiazole rings is 1. The molecule has 0 spiro atoms. The van der Waals surface area contributed by atoms with Crippen LogP contribution in [0.3, 0.4) is 0 Å². The predicted molar refractivity (Wildman–Crippen MR) is 107 cm³/mol. The lowest BCUT2D eigenvalue weighted by Crippen LogP contribution is -1.73. The second-order valence-corrected chi connectivity index (χ2v) is 8.38. The molecule has 4 aromatic rings. The number of aromatic nitrogens is 3. The summed E-state index contributed by atoms with van der Waals surface area (Å²) >= 11 is 9.35. The normalized spacial score (nSPS) is 10.3. The van der Waals surface area contributed by atoms with Crippen LogP contribution in [0.15, 0.2) is 53.7 Å². The number of para-hydroxylation sites is 3. The van der Waals surface area contributed by atoms with Gasteiger partial charge in [0.2, 0.25) is 0 Å². The smallest absolute Gasteiger partial charge is 0.167 e. The number of nitrogens with zero attached hydrogens (tertiary/aromatic N) is 2. The summed E-state index contributed by atoms with van der Waals surface area (Å²) in [7, 11) is 0. The first-order valence-corrected chi connectivity index (χ1v) is 10.1. The van der Waals surface area contributed by atoms with Gasteiger partial charge in [-0.1, -0.05) is 36.0 Å². The topological polar surface area (TPSA) is 68.3 Å². The van der Waals surface area contributed by atoms with E-state index in [1.807, 2.05) is 47.9 Å². The van der Waals surface area contributed by atoms with E-state index in [2.05, 4.69) is 21.0 Å². The fraction of sp³-hybridized carbons (Fsp3) is 0.0625. The highest BCUT2D eigenvalue weighted by Crippen LogP contribution is 2.22. The Labute approximate surface area is 156 Å². The Kier molecular flexibility index (Phi) is 5.93. The van der Waals surface area contributed by atoms with Gasteiger partial charge in [0.1, 0.15) is 5.40 Å². The van der Waals surface area contributed by atoms with Crippen molar-refractivity contribution in [1.29, 1.82) is 5.26 Å². The monoisotopic (exact) mass is 388 g/mol. The molecule has 0 atom stereocenters. The minimum atomic E-state index is 0.705. The third kappa shape index (κ3) is 4.39. The van der Waals surface area contributed by atoms with Crippen LogP contribution in [-0.2, 0) is 0 Å². The summed E-state index contributed by atoms with van der Waals surface area (Å²) in [5, 5.41) is 12.0. The zero-order valence-corrected chi connectivity index (χ0v) is 15.6. The third-order valence-electron chi connectivity index (χ3n) is 3.01. The van der Waals surface area contributed by atoms with Gasteiger partial charge in [0, 0.05) is 0 Å². The first-order valence-electron chi connectivity index (χ1n) is 6.92. The van der Waals surface area contributed by atoms with Crippen molar-refractivity contribution in [2.75, 3.05) is 5.08 Å². The minimum Gasteiger partial charge on any atom is -0.337 e. The van der Waals surface area contributed by atoms with Crippen molar-refractivity contribution in [1.82, 2.24) is 15.0 Å². The van der Waals surface area contributed by atoms with Crippen molar-refractivity contribution in [3.63, 3.8) is 0 Å². The van der Waals surface area contributed by atoms with Gasteiger partial charge in [-0.15, -0.1) is 11.3 Å². The molecule has 0 aliphatic rings. The van der Waals surface area contributed by atoms with Gasteiger partial charge in [0.05, 0.1) is 26.3 Å². The quantitative estimate of drug-likeness (QED) is 0.153. The molecule has 24 heavy (non-hydrogen) atoms. The van der Waals surface area contributed by atoms with Crippen LogP contribution in [0.5, 0.6) is 0 Å². The Morgan fingerprint density at radius 2 is 1.83 bits per heavy atom. The molecule has 8 heteroatoms. The molecule has 0 aliphatic carbocycles. The van der Waals surface area contributed by atoms with Crippen LogP contribution < -0.4 is 0 Å². The average Bonchev–Trinajstić information content (AvgIpc) is 3.17. The van der Waals surface area contributed by atoms with Crippen LogP contribution >= 0.6 is 47.1 Å². The van der Waals surface area contributed by atoms with Crippen LogP contribution in [0, 0.1) is 14.6 Å². The number of thioether (sulfide) groups is 2. The number of nitriles is 1. The van der Waals surface area contributed by atoms with Crippen molar-refractivity contribution in [3.05, 3.63) is 52.5 Å². The molecule has 0 unspecified atom stereocenters. The number of rotatable bonds is 3. The first-order chi connectivity index (χ1) is 11.8. The lowest BCUT2D eigenvalue weighted by molar-refractivity contribution is 1.08. The average molecular weight is 389 g/mol. The van der Waals surface area contributed by atoms with Gasteiger partial charge >= 0.3 is 0 Å². The van der Waals surface area contributed by atoms with Gasteiger partial charge in [0.15, 0.2) is 9.11 Å². The molecule has 0 radical (unpaired) electrons. The number of benzene rings is 2. The van der Waals surface area contributed by atoms with E-state index in [9.17, 15) is 0 Å². The number of nitrogens with one attached hydrogen (secondary N) is 2. The van der Waals surface area contributed by atoms with E-state index in [0.29, 0.717) is 5.08 Å². The fourth-order valence-electron chi connectivity index (χ4n) is 2.00. The maximum absolute atomic E-state index is 8.35. The summed E-state index contributed by atoms with van der Waals surface area (Å²) in [6.45, 7) is 0. The van der Waals surface area contributed by atoms with Crippen molar-refractivity contribution in [2.24, 2.45) is 0 Å². The molecule has 0 amide bonds. The molecule has 2 N–H and O–H groups in total. The van der Waals surface area contributed by atoms with Crippen molar-refractivity contribution >= 4 is 68.3 Å². The van der Waals surface area contributed by atoms with Crippen molar-refractivity contribution in [3.8, 4) is 5.40 Å². The van der Waals surface area contributed by atoms with Gasteiger partial charge < -0.3 is 9.97 Å². The molecule has 4 rings (SSSR count). The molecule has 0 aliphatic heterocycles. The first kappa shape index (κ1) is 17.0. The Morgan fingerprint density at radius 3 is 2.58 bits per heavy atom. The van der Waals surface area contributed by atoms with Crippen molar-refractivity contribution < 1.29 is 0 Å². The SMILES string of the molecule is N#CSCSc1nc2ccccc2[nH]1.S=c1[nH]c2ccccc2s1. The summed E-state index contributed by atoms with van der Waals surface area (Å²) in [6.07, 6.45) is 0. The summed E-state index contributed by atoms with van der Waals surface area (Å²) < 4.78 is 2.08. The Hall–Kier alpha value is -1.79. The van der Waals surface area contributed by atoms with Gasteiger partial charge in [-0.25, -0.2) is 4.98 Å². The second kappa shape index (κ2) is 8.35. The predicted octanol–water partition coefficient (Wildman–Crippen LogP) is 5.79. The van der Waals surface area contributed by atoms with E-state index in [4.69, 9.17) is 17.5 Å². The number of fused-ring (bicyclic) bond motifs is 2. The highest BCUT2D eigenvalue weighted by atomic mass is 32.2. The highest BCUT2D eigenvalue weighted by Gasteiger charge is 2.01. The van der Waals surface area contributed by atoms with Gasteiger partial charge in [-0.2, -0.15) is 5.26 Å². The maximum Gasteiger partial charge on any atom is 0.167 e. The molecular formula is C16H12N4S4. The number of imidazole rings is 1. The molecule has 120 valence electrons. The fourth-order valence-corrected chi connectivity index (χ4v) is 4.36. The minimum absolute atomic E-state index is 0.705. The van der Waals surface area contributed by atoms with Crippen molar-refractivity contribution in [2.45, 2.75) is 5.16 Å². The van der Waals surface area contributed by atoms with E-state index in [0.717, 1.165) is 25.7 Å². The van der Waals surface area contributed by atoms with Gasteiger partial charge in [0.25, 0.3) is 0 Å². The molecule has 2 aromatic heterocycles. The Balaban J connectivity index is 0.000000149. The summed E-state index contributed by atoms with van der Waals surface area (Å²) in [5.41, 5.74) is 3.14. The molecule has 2 heterocycles. The van der Waals surface area contributed by atoms with Crippen LogP contribution in [0.25, 0.3) is 21.3 Å². The van der Waals surface area contributed by atoms with Gasteiger partial charge in [-0.3, -0.25) is 0 Å². The highest BCUT2D eigenvalue weighted by molar-refractivity contribution is 8.18. The molecule has 0 saturated carbocycles. The van der Waals surface area contributed by atoms with Crippen LogP contribution in [0.2, 0.25) is 0 Å². The Bertz CT molecular complexity index is 972. The zero-order valence-electron chi connectivity index (χ0n) is 12.4. The molecular weight excluding hydrogens is 376 g/mol. The largest absolute Gasteiger partial charge is 0.337 e. The van der Waals surface area contributed by atoms with Crippen LogP contribution in [0.1, 0.15) is 0 Å². The standard InChI is InChI=1S/C9H7N3S2.C7H5NS2/c10-5-13-6-14-9-11-7-3-1-2-4-8(7)12-9;9-7-8-5-3-1-2-4-6(5)10-7/h1-4H,6H2,(H,11,12);1-4H,(H,8,9). The molecule has 0 fully saturated rings. The van der Waals surface area contributed by atoms with Crippen LogP contribution in [-0.4, -0.2) is 20.0 Å². The van der Waals surface area contributed by atoms with E-state index >= 15 is 0 Å². The lowest BCUT2D eigenvalue weighted by atomic mass is 10.3. The summed E-state index contributed by atoms with van der Waals surface area (Å²) in [4.78, 5) is 10.6. The number of H-pyrrole nitrogens is 2. The second-order valence-electron chi connectivity index (χ2n) is 4.57. The van der Waals surface area contributed by atoms with Crippen LogP contribution in [0.4, 0.5) is 0 Å². The molecule has 4 nitrogen and oxygen atoms in total. The number of aromatic amines is 2. The number of hydrogen-bond donors (Lipinski definition) is 2. The number of thiocyanates is 1. The molecule has 0 saturated heterocycles. The van der Waals surface area contributed by atoms with E-state index in [1.54, 1.807) is 23.1 Å². The van der Waals surface area contributed by atoms with E-state index in [-0.39, 0.29) is 0 Å². The summed E-state index contributed by atoms with van der Waals surface area (Å²) in [6, 6.07) is 16.0. The maximum atomic E-state index is 8.35. The lowest BCUT2D eigenvalue weighted by Gasteiger charge is -1.88. The van der Waals surface area contributed by atoms with E-state index < -0.39 is 0 Å². The third-order valence-corrected chi connectivity index (χ3v) is 5.77. The molecule has 2 aromatic carbocycles. The van der Waals surface area contributed by atoms with Gasteiger partial charge in [-0.05, 0) is 48.2 Å².